The van der Waals surface area contributed by atoms with Crippen LogP contribution in [0.1, 0.15) is 5.56 Å². The van der Waals surface area contributed by atoms with Crippen LogP contribution in [0, 0.1) is 18.6 Å². The van der Waals surface area contributed by atoms with Gasteiger partial charge in [0.2, 0.25) is 0 Å². The summed E-state index contributed by atoms with van der Waals surface area (Å²) in [7, 11) is 1.56. The molecule has 5 heterocycles. The van der Waals surface area contributed by atoms with E-state index in [4.69, 9.17) is 4.74 Å². The number of aromatic nitrogens is 6. The van der Waals surface area contributed by atoms with E-state index in [2.05, 4.69) is 35.5 Å². The first-order valence-electron chi connectivity index (χ1n) is 12.0. The molecule has 0 aliphatic rings. The van der Waals surface area contributed by atoms with Gasteiger partial charge in [-0.05, 0) is 31.2 Å². The van der Waals surface area contributed by atoms with Crippen molar-refractivity contribution in [2.45, 2.75) is 6.92 Å². The maximum absolute atomic E-state index is 15.4. The molecule has 6 aromatic rings. The van der Waals surface area contributed by atoms with E-state index in [0.29, 0.717) is 45.3 Å². The van der Waals surface area contributed by atoms with Gasteiger partial charge in [0.25, 0.3) is 0 Å². The maximum Gasteiger partial charge on any atom is 0.137 e. The van der Waals surface area contributed by atoms with Crippen LogP contribution in [0.3, 0.4) is 0 Å². The molecule has 0 saturated heterocycles. The molecule has 0 bridgehead atoms. The highest BCUT2D eigenvalue weighted by Gasteiger charge is 2.20. The number of methoxy groups -OCH3 is 1. The molecule has 0 atom stereocenters. The van der Waals surface area contributed by atoms with Crippen LogP contribution in [0.2, 0.25) is 0 Å². The lowest BCUT2D eigenvalue weighted by atomic mass is 10.0. The summed E-state index contributed by atoms with van der Waals surface area (Å²) in [6, 6.07) is 11.2. The van der Waals surface area contributed by atoms with E-state index in [1.54, 1.807) is 56.4 Å². The molecule has 0 unspecified atom stereocenters. The van der Waals surface area contributed by atoms with E-state index >= 15 is 4.39 Å². The number of hydrogen-bond donors (Lipinski definition) is 2. The molecule has 8 nitrogen and oxygen atoms in total. The van der Waals surface area contributed by atoms with Crippen molar-refractivity contribution >= 4 is 22.3 Å². The van der Waals surface area contributed by atoms with Gasteiger partial charge in [0.1, 0.15) is 17.4 Å². The van der Waals surface area contributed by atoms with Gasteiger partial charge in [-0.25, -0.2) is 13.8 Å². The van der Waals surface area contributed by atoms with Gasteiger partial charge < -0.3 is 10.1 Å². The number of hydrogen-bond acceptors (Lipinski definition) is 7. The Kier molecular flexibility index (Phi) is 6.12. The third-order valence-electron chi connectivity index (χ3n) is 6.37. The standard InChI is InChI=1S/C29H21F2N7O/c1-16-28(23-5-3-4-6-33-23)38-26-9-19(30)8-22(31)27(26)29(16)37-25-10-24(18-12-35-36-13-18)34-15-21(25)17-7-20(39-2)14-32-11-17/h3-15H,1-2H3,(H,35,36)(H,34,37,38). The molecule has 1 aromatic carbocycles. The van der Waals surface area contributed by atoms with Crippen molar-refractivity contribution in [1.29, 1.82) is 0 Å². The number of ether oxygens (including phenoxy) is 1. The largest absolute Gasteiger partial charge is 0.495 e. The van der Waals surface area contributed by atoms with Crippen LogP contribution in [-0.4, -0.2) is 37.2 Å². The van der Waals surface area contributed by atoms with Crippen LogP contribution < -0.4 is 10.1 Å². The van der Waals surface area contributed by atoms with Gasteiger partial charge in [-0.3, -0.25) is 20.1 Å². The fourth-order valence-electron chi connectivity index (χ4n) is 4.46. The molecule has 0 fully saturated rings. The average molecular weight is 522 g/mol. The quantitative estimate of drug-likeness (QED) is 0.259. The number of anilines is 2. The van der Waals surface area contributed by atoms with Gasteiger partial charge in [-0.15, -0.1) is 0 Å². The van der Waals surface area contributed by atoms with E-state index in [9.17, 15) is 4.39 Å². The van der Waals surface area contributed by atoms with E-state index in [1.165, 1.54) is 6.07 Å². The first kappa shape index (κ1) is 24.1. The highest BCUT2D eigenvalue weighted by Crippen LogP contribution is 2.40. The molecule has 0 aliphatic carbocycles. The Morgan fingerprint density at radius 3 is 2.59 bits per heavy atom. The lowest BCUT2D eigenvalue weighted by molar-refractivity contribution is 0.413. The molecule has 5 aromatic heterocycles. The van der Waals surface area contributed by atoms with E-state index in [-0.39, 0.29) is 10.9 Å². The molecular weight excluding hydrogens is 500 g/mol. The van der Waals surface area contributed by atoms with Gasteiger partial charge in [0.05, 0.1) is 58.9 Å². The van der Waals surface area contributed by atoms with Crippen molar-refractivity contribution in [1.82, 2.24) is 30.1 Å². The van der Waals surface area contributed by atoms with E-state index in [1.807, 2.05) is 25.1 Å². The first-order valence-corrected chi connectivity index (χ1v) is 12.0. The van der Waals surface area contributed by atoms with Gasteiger partial charge >= 0.3 is 0 Å². The summed E-state index contributed by atoms with van der Waals surface area (Å²) in [5, 5.41) is 10.4. The molecule has 10 heteroatoms. The summed E-state index contributed by atoms with van der Waals surface area (Å²) in [6.07, 6.45) is 10.0. The number of aromatic amines is 1. The summed E-state index contributed by atoms with van der Waals surface area (Å²) in [5.41, 5.74) is 5.76. The molecule has 192 valence electrons. The average Bonchev–Trinajstić information content (AvgIpc) is 3.50. The Bertz CT molecular complexity index is 1810. The van der Waals surface area contributed by atoms with Crippen molar-refractivity contribution < 1.29 is 13.5 Å². The SMILES string of the molecule is COc1cncc(-c2cnc(-c3cn[nH]c3)cc2Nc2c(C)c(-c3ccccn3)nc3cc(F)cc(F)c23)c1. The third-order valence-corrected chi connectivity index (χ3v) is 6.37. The summed E-state index contributed by atoms with van der Waals surface area (Å²) >= 11 is 0. The summed E-state index contributed by atoms with van der Waals surface area (Å²) in [5.74, 6) is -0.880. The van der Waals surface area contributed by atoms with Crippen LogP contribution in [0.15, 0.2) is 79.6 Å². The number of pyridine rings is 4. The fraction of sp³-hybridized carbons (Fsp3) is 0.0690. The van der Waals surface area contributed by atoms with Gasteiger partial charge in [-0.2, -0.15) is 5.10 Å². The Labute approximate surface area is 221 Å². The van der Waals surface area contributed by atoms with Crippen molar-refractivity contribution in [3.63, 3.8) is 0 Å². The smallest absolute Gasteiger partial charge is 0.137 e. The summed E-state index contributed by atoms with van der Waals surface area (Å²) in [4.78, 5) is 17.9. The first-order chi connectivity index (χ1) is 19.0. The van der Waals surface area contributed by atoms with Crippen molar-refractivity contribution in [2.24, 2.45) is 0 Å². The van der Waals surface area contributed by atoms with Crippen molar-refractivity contribution in [3.05, 3.63) is 96.8 Å². The maximum atomic E-state index is 15.4. The summed E-state index contributed by atoms with van der Waals surface area (Å²) in [6.45, 7) is 1.83. The van der Waals surface area contributed by atoms with Gasteiger partial charge in [0, 0.05) is 59.2 Å². The predicted octanol–water partition coefficient (Wildman–Crippen LogP) is 6.48. The molecule has 0 saturated carbocycles. The van der Waals surface area contributed by atoms with Crippen LogP contribution in [-0.2, 0) is 0 Å². The molecule has 39 heavy (non-hydrogen) atoms. The van der Waals surface area contributed by atoms with E-state index < -0.39 is 11.6 Å². The molecule has 0 amide bonds. The van der Waals surface area contributed by atoms with Crippen LogP contribution >= 0.6 is 0 Å². The van der Waals surface area contributed by atoms with E-state index in [0.717, 1.165) is 17.2 Å². The van der Waals surface area contributed by atoms with Crippen LogP contribution in [0.4, 0.5) is 20.2 Å². The number of H-pyrrole nitrogens is 1. The Hall–Kier alpha value is -5.25. The van der Waals surface area contributed by atoms with Crippen LogP contribution in [0.25, 0.3) is 44.7 Å². The highest BCUT2D eigenvalue weighted by atomic mass is 19.1. The number of benzene rings is 1. The minimum absolute atomic E-state index is 0.157. The molecule has 0 aliphatic heterocycles. The topological polar surface area (TPSA) is 102 Å². The third kappa shape index (κ3) is 4.52. The number of nitrogens with one attached hydrogen (secondary N) is 2. The molecule has 0 radical (unpaired) electrons. The zero-order valence-electron chi connectivity index (χ0n) is 20.9. The van der Waals surface area contributed by atoms with Gasteiger partial charge in [-0.1, -0.05) is 6.07 Å². The summed E-state index contributed by atoms with van der Waals surface area (Å²) < 4.78 is 35.0. The number of rotatable bonds is 6. The fourth-order valence-corrected chi connectivity index (χ4v) is 4.46. The molecular formula is C29H21F2N7O. The second kappa shape index (κ2) is 9.90. The Morgan fingerprint density at radius 2 is 1.82 bits per heavy atom. The lowest BCUT2D eigenvalue weighted by Gasteiger charge is -2.19. The molecule has 2 N–H and O–H groups in total. The Morgan fingerprint density at radius 1 is 0.923 bits per heavy atom. The monoisotopic (exact) mass is 521 g/mol. The predicted molar refractivity (Wildman–Crippen MR) is 145 cm³/mol. The molecule has 0 spiro atoms. The normalized spacial score (nSPS) is 11.1. The second-order valence-corrected chi connectivity index (χ2v) is 8.80. The number of nitrogens with zero attached hydrogens (tertiary/aromatic N) is 5. The minimum Gasteiger partial charge on any atom is -0.495 e. The second-order valence-electron chi connectivity index (χ2n) is 8.80. The van der Waals surface area contributed by atoms with Crippen molar-refractivity contribution in [3.8, 4) is 39.5 Å². The number of fused-ring (bicyclic) bond motifs is 1. The zero-order valence-corrected chi connectivity index (χ0v) is 20.9. The zero-order chi connectivity index (χ0) is 26.9. The van der Waals surface area contributed by atoms with Crippen LogP contribution in [0.5, 0.6) is 5.75 Å². The van der Waals surface area contributed by atoms with Crippen molar-refractivity contribution in [2.75, 3.05) is 12.4 Å². The number of halogens is 2. The van der Waals surface area contributed by atoms with Gasteiger partial charge in [0.15, 0.2) is 0 Å². The minimum atomic E-state index is -0.732. The lowest BCUT2D eigenvalue weighted by Crippen LogP contribution is -2.04. The highest BCUT2D eigenvalue weighted by molar-refractivity contribution is 5.99. The Balaban J connectivity index is 1.60. The molecule has 6 rings (SSSR count).